The fraction of sp³-hybridized carbons (Fsp3) is 0.438. The van der Waals surface area contributed by atoms with Crippen LogP contribution in [0.4, 0.5) is 0 Å². The molecule has 0 bridgehead atoms. The molecule has 130 valence electrons. The molecule has 0 saturated carbocycles. The molecule has 1 amide bonds. The number of aromatic nitrogens is 1. The molecule has 0 unspecified atom stereocenters. The Kier molecular flexibility index (Phi) is 4.72. The summed E-state index contributed by atoms with van der Waals surface area (Å²) in [5.41, 5.74) is 7.84. The van der Waals surface area contributed by atoms with Crippen LogP contribution in [0.1, 0.15) is 41.6 Å². The number of rotatable bonds is 4. The number of sulfonamides is 1. The maximum absolute atomic E-state index is 12.0. The topological polar surface area (TPSA) is 85.4 Å². The smallest absolute Gasteiger partial charge is 0.250 e. The number of piperidine rings is 1. The Labute approximate surface area is 150 Å². The van der Waals surface area contributed by atoms with Gasteiger partial charge in [-0.25, -0.2) is 12.7 Å². The molecule has 24 heavy (non-hydrogen) atoms. The Morgan fingerprint density at radius 2 is 2.00 bits per heavy atom. The number of carbonyl (C=O) groups excluding carboxylic acids is 1. The zero-order valence-corrected chi connectivity index (χ0v) is 15.8. The molecule has 0 radical (unpaired) electrons. The van der Waals surface area contributed by atoms with E-state index in [0.29, 0.717) is 18.7 Å². The molecule has 0 aliphatic carbocycles. The second-order valence-corrected chi connectivity index (χ2v) is 9.06. The number of amides is 1. The summed E-state index contributed by atoms with van der Waals surface area (Å²) >= 11 is 3.46. The Hall–Kier alpha value is -1.38. The highest BCUT2D eigenvalue weighted by molar-refractivity contribution is 9.08. The van der Waals surface area contributed by atoms with Gasteiger partial charge in [0.05, 0.1) is 33.0 Å². The molecule has 2 N–H and O–H groups in total. The van der Waals surface area contributed by atoms with Gasteiger partial charge in [0.1, 0.15) is 0 Å². The number of benzene rings is 1. The van der Waals surface area contributed by atoms with E-state index in [0.717, 1.165) is 29.3 Å². The number of hydrogen-bond donors (Lipinski definition) is 1. The van der Waals surface area contributed by atoms with Gasteiger partial charge in [-0.15, -0.1) is 0 Å². The van der Waals surface area contributed by atoms with Crippen LogP contribution < -0.4 is 5.73 Å². The first-order chi connectivity index (χ1) is 11.3. The summed E-state index contributed by atoms with van der Waals surface area (Å²) in [6, 6.07) is 5.52. The number of primary amides is 1. The number of fused-ring (bicyclic) bond motifs is 1. The van der Waals surface area contributed by atoms with Crippen LogP contribution in [0.5, 0.6) is 0 Å². The summed E-state index contributed by atoms with van der Waals surface area (Å²) in [6.45, 7) is 2.74. The van der Waals surface area contributed by atoms with Crippen molar-refractivity contribution in [1.29, 1.82) is 0 Å². The lowest BCUT2D eigenvalue weighted by atomic mass is 9.89. The van der Waals surface area contributed by atoms with Crippen molar-refractivity contribution < 1.29 is 13.2 Å². The molecular formula is C16H20BrN3O3S. The van der Waals surface area contributed by atoms with Gasteiger partial charge in [-0.2, -0.15) is 0 Å². The number of nitrogens with zero attached hydrogens (tertiary/aromatic N) is 2. The van der Waals surface area contributed by atoms with Crippen LogP contribution in [0.2, 0.25) is 0 Å². The van der Waals surface area contributed by atoms with E-state index in [1.807, 2.05) is 18.3 Å². The normalized spacial score (nSPS) is 17.4. The molecule has 1 fully saturated rings. The molecule has 3 rings (SSSR count). The van der Waals surface area contributed by atoms with Crippen LogP contribution in [0.3, 0.4) is 0 Å². The highest BCUT2D eigenvalue weighted by Crippen LogP contribution is 2.36. The highest BCUT2D eigenvalue weighted by atomic mass is 79.9. The van der Waals surface area contributed by atoms with Crippen molar-refractivity contribution in [3.8, 4) is 0 Å². The van der Waals surface area contributed by atoms with E-state index in [-0.39, 0.29) is 11.7 Å². The average molecular weight is 414 g/mol. The van der Waals surface area contributed by atoms with Gasteiger partial charge in [0.2, 0.25) is 10.0 Å². The first-order valence-electron chi connectivity index (χ1n) is 7.93. The SMILES string of the molecule is CCS(=O)(=O)N1CCC(c2cn(Br)c3c(C(N)=O)cccc23)CC1. The standard InChI is InChI=1S/C16H20BrN3O3S/c1-2-24(22,23)19-8-6-11(7-9-19)14-10-20(17)15-12(14)4-3-5-13(15)16(18)21/h3-5,10-11H,2,6-9H2,1H3,(H2,18,21). The molecule has 1 saturated heterocycles. The largest absolute Gasteiger partial charge is 0.366 e. The number of para-hydroxylation sites is 1. The molecule has 0 atom stereocenters. The maximum Gasteiger partial charge on any atom is 0.250 e. The second kappa shape index (κ2) is 6.50. The summed E-state index contributed by atoms with van der Waals surface area (Å²) < 4.78 is 27.3. The van der Waals surface area contributed by atoms with E-state index in [9.17, 15) is 13.2 Å². The van der Waals surface area contributed by atoms with Gasteiger partial charge < -0.3 is 5.73 Å². The minimum absolute atomic E-state index is 0.139. The van der Waals surface area contributed by atoms with Crippen molar-refractivity contribution in [2.75, 3.05) is 18.8 Å². The monoisotopic (exact) mass is 413 g/mol. The lowest BCUT2D eigenvalue weighted by Crippen LogP contribution is -2.38. The van der Waals surface area contributed by atoms with E-state index in [2.05, 4.69) is 16.1 Å². The van der Waals surface area contributed by atoms with Gasteiger partial charge in [-0.3, -0.25) is 8.39 Å². The van der Waals surface area contributed by atoms with Gasteiger partial charge in [-0.1, -0.05) is 12.1 Å². The maximum atomic E-state index is 12.0. The predicted molar refractivity (Wildman–Crippen MR) is 97.8 cm³/mol. The minimum atomic E-state index is -3.12. The highest BCUT2D eigenvalue weighted by Gasteiger charge is 2.29. The number of nitrogens with two attached hydrogens (primary N) is 1. The van der Waals surface area contributed by atoms with Crippen molar-refractivity contribution in [1.82, 2.24) is 7.90 Å². The van der Waals surface area contributed by atoms with Crippen LogP contribution >= 0.6 is 16.1 Å². The van der Waals surface area contributed by atoms with Crippen LogP contribution in [0.15, 0.2) is 24.4 Å². The minimum Gasteiger partial charge on any atom is -0.366 e. The van der Waals surface area contributed by atoms with Crippen LogP contribution in [-0.4, -0.2) is 41.1 Å². The molecule has 6 nitrogen and oxygen atoms in total. The molecule has 1 aliphatic rings. The van der Waals surface area contributed by atoms with Crippen molar-refractivity contribution >= 4 is 43.0 Å². The zero-order chi connectivity index (χ0) is 17.5. The lowest BCUT2D eigenvalue weighted by Gasteiger charge is -2.30. The predicted octanol–water partition coefficient (Wildman–Crippen LogP) is 2.43. The lowest BCUT2D eigenvalue weighted by molar-refractivity contribution is 0.100. The number of hydrogen-bond acceptors (Lipinski definition) is 3. The first-order valence-corrected chi connectivity index (χ1v) is 10.2. The summed E-state index contributed by atoms with van der Waals surface area (Å²) in [6.07, 6.45) is 3.50. The Morgan fingerprint density at radius 1 is 1.33 bits per heavy atom. The van der Waals surface area contributed by atoms with Crippen molar-refractivity contribution in [2.24, 2.45) is 5.73 Å². The Bertz CT molecular complexity index is 883. The van der Waals surface area contributed by atoms with Crippen LogP contribution in [0.25, 0.3) is 10.9 Å². The molecule has 8 heteroatoms. The Balaban J connectivity index is 1.92. The third-order valence-electron chi connectivity index (χ3n) is 4.73. The summed E-state index contributed by atoms with van der Waals surface area (Å²) in [4.78, 5) is 11.7. The molecule has 2 aromatic rings. The van der Waals surface area contributed by atoms with Gasteiger partial charge in [0, 0.05) is 24.7 Å². The van der Waals surface area contributed by atoms with E-state index in [1.165, 1.54) is 0 Å². The molecule has 1 aromatic heterocycles. The quantitative estimate of drug-likeness (QED) is 0.834. The second-order valence-electron chi connectivity index (χ2n) is 6.04. The first kappa shape index (κ1) is 17.4. The molecule has 2 heterocycles. The molecule has 1 aromatic carbocycles. The Morgan fingerprint density at radius 3 is 2.58 bits per heavy atom. The number of carbonyl (C=O) groups is 1. The fourth-order valence-corrected chi connectivity index (χ4v) is 5.15. The van der Waals surface area contributed by atoms with Crippen LogP contribution in [0, 0.1) is 0 Å². The van der Waals surface area contributed by atoms with Crippen molar-refractivity contribution in [3.63, 3.8) is 0 Å². The third-order valence-corrected chi connectivity index (χ3v) is 7.17. The van der Waals surface area contributed by atoms with Gasteiger partial charge in [0.25, 0.3) is 5.91 Å². The molecular weight excluding hydrogens is 394 g/mol. The van der Waals surface area contributed by atoms with Gasteiger partial charge in [0.15, 0.2) is 0 Å². The van der Waals surface area contributed by atoms with Gasteiger partial charge >= 0.3 is 0 Å². The van der Waals surface area contributed by atoms with E-state index >= 15 is 0 Å². The zero-order valence-electron chi connectivity index (χ0n) is 13.4. The third kappa shape index (κ3) is 2.98. The van der Waals surface area contributed by atoms with E-state index in [1.54, 1.807) is 20.9 Å². The van der Waals surface area contributed by atoms with Gasteiger partial charge in [-0.05, 0) is 37.3 Å². The summed E-state index contributed by atoms with van der Waals surface area (Å²) in [5, 5.41) is 0.986. The van der Waals surface area contributed by atoms with Crippen molar-refractivity contribution in [2.45, 2.75) is 25.7 Å². The number of halogens is 1. The molecule has 0 spiro atoms. The average Bonchev–Trinajstić information content (AvgIpc) is 2.92. The van der Waals surface area contributed by atoms with Crippen LogP contribution in [-0.2, 0) is 10.0 Å². The fourth-order valence-electron chi connectivity index (χ4n) is 3.41. The summed E-state index contributed by atoms with van der Waals surface area (Å²) in [5.74, 6) is -0.0621. The van der Waals surface area contributed by atoms with E-state index in [4.69, 9.17) is 5.73 Å². The van der Waals surface area contributed by atoms with Crippen molar-refractivity contribution in [3.05, 3.63) is 35.5 Å². The summed E-state index contributed by atoms with van der Waals surface area (Å²) in [7, 11) is -3.12. The van der Waals surface area contributed by atoms with E-state index < -0.39 is 15.9 Å². The molecule has 1 aliphatic heterocycles.